The molecule has 256 valence electrons. The highest BCUT2D eigenvalue weighted by Crippen LogP contribution is 2.56. The molecule has 5 atom stereocenters. The number of likely N-dealkylation sites (tertiary alicyclic amines) is 1. The fourth-order valence-corrected chi connectivity index (χ4v) is 9.35. The molecule has 0 radical (unpaired) electrons. The maximum Gasteiger partial charge on any atom is 0.263 e. The smallest absolute Gasteiger partial charge is 0.263 e. The number of benzene rings is 2. The van der Waals surface area contributed by atoms with Gasteiger partial charge in [0.05, 0.1) is 6.04 Å². The molecule has 0 spiro atoms. The average molecular weight is 698 g/mol. The molecular weight excluding hydrogens is 656 g/mol. The molecule has 4 aliphatic rings. The predicted molar refractivity (Wildman–Crippen MR) is 184 cm³/mol. The van der Waals surface area contributed by atoms with Crippen LogP contribution in [-0.2, 0) is 19.9 Å². The summed E-state index contributed by atoms with van der Waals surface area (Å²) in [5, 5.41) is 1.16. The number of amides is 3. The maximum absolute atomic E-state index is 14.8. The second-order valence-electron chi connectivity index (χ2n) is 13.7. The van der Waals surface area contributed by atoms with Gasteiger partial charge in [0.25, 0.3) is 5.91 Å². The van der Waals surface area contributed by atoms with Gasteiger partial charge in [-0.25, -0.2) is 13.8 Å². The van der Waals surface area contributed by atoms with Crippen molar-refractivity contribution in [1.82, 2.24) is 19.6 Å². The van der Waals surface area contributed by atoms with Crippen molar-refractivity contribution in [3.8, 4) is 0 Å². The van der Waals surface area contributed by atoms with Crippen LogP contribution >= 0.6 is 23.4 Å². The number of rotatable bonds is 6. The largest absolute Gasteiger partial charge is 0.337 e. The van der Waals surface area contributed by atoms with E-state index in [0.29, 0.717) is 53.1 Å². The first-order valence-electron chi connectivity index (χ1n) is 16.7. The molecule has 2 aromatic rings. The molecule has 0 N–H and O–H groups in total. The summed E-state index contributed by atoms with van der Waals surface area (Å²) in [5.74, 6) is -2.27. The van der Waals surface area contributed by atoms with Gasteiger partial charge in [0, 0.05) is 49.4 Å². The van der Waals surface area contributed by atoms with Crippen LogP contribution in [-0.4, -0.2) is 80.2 Å². The summed E-state index contributed by atoms with van der Waals surface area (Å²) in [7, 11) is 0. The van der Waals surface area contributed by atoms with Crippen LogP contribution in [0.5, 0.6) is 0 Å². The zero-order valence-electron chi connectivity index (χ0n) is 28.2. The van der Waals surface area contributed by atoms with Crippen LogP contribution in [0, 0.1) is 17.6 Å². The Morgan fingerprint density at radius 1 is 1.06 bits per heavy atom. The van der Waals surface area contributed by atoms with Crippen LogP contribution in [0.1, 0.15) is 78.0 Å². The highest BCUT2D eigenvalue weighted by atomic mass is 35.5. The summed E-state index contributed by atoms with van der Waals surface area (Å²) in [6.07, 6.45) is 2.01. The van der Waals surface area contributed by atoms with E-state index in [4.69, 9.17) is 16.6 Å². The van der Waals surface area contributed by atoms with E-state index in [0.717, 1.165) is 23.7 Å². The lowest BCUT2D eigenvalue weighted by molar-refractivity contribution is -0.147. The molecule has 4 heterocycles. The first-order chi connectivity index (χ1) is 22.8. The van der Waals surface area contributed by atoms with Gasteiger partial charge < -0.3 is 19.6 Å². The third-order valence-corrected chi connectivity index (χ3v) is 11.6. The Balaban J connectivity index is 1.38. The summed E-state index contributed by atoms with van der Waals surface area (Å²) in [4.78, 5) is 54.1. The van der Waals surface area contributed by atoms with Crippen LogP contribution in [0.15, 0.2) is 58.1 Å². The van der Waals surface area contributed by atoms with Crippen LogP contribution < -0.4 is 0 Å². The zero-order chi connectivity index (χ0) is 34.7. The average Bonchev–Trinajstić information content (AvgIpc) is 3.72. The Hall–Kier alpha value is -3.44. The molecule has 2 aromatic carbocycles. The molecular formula is C36H42ClF2N5O3S. The van der Waals surface area contributed by atoms with E-state index < -0.39 is 29.3 Å². The number of piperazine rings is 1. The lowest BCUT2D eigenvalue weighted by Gasteiger charge is -2.41. The maximum atomic E-state index is 14.8. The zero-order valence-corrected chi connectivity index (χ0v) is 29.7. The van der Waals surface area contributed by atoms with Crippen molar-refractivity contribution in [2.24, 2.45) is 10.9 Å². The Bertz CT molecular complexity index is 1700. The normalized spacial score (nSPS) is 27.2. The van der Waals surface area contributed by atoms with E-state index in [1.54, 1.807) is 39.8 Å². The van der Waals surface area contributed by atoms with Gasteiger partial charge in [-0.2, -0.15) is 0 Å². The van der Waals surface area contributed by atoms with Gasteiger partial charge in [0.2, 0.25) is 11.8 Å². The summed E-state index contributed by atoms with van der Waals surface area (Å²) < 4.78 is 28.7. The summed E-state index contributed by atoms with van der Waals surface area (Å²) in [6, 6.07) is 9.98. The molecule has 2 fully saturated rings. The number of allylic oxidation sites excluding steroid dienone is 1. The number of fused-ring (bicyclic) bond motifs is 1. The van der Waals surface area contributed by atoms with Crippen LogP contribution in [0.25, 0.3) is 0 Å². The van der Waals surface area contributed by atoms with E-state index in [2.05, 4.69) is 4.90 Å². The summed E-state index contributed by atoms with van der Waals surface area (Å²) >= 11 is 7.56. The fourth-order valence-electron chi connectivity index (χ4n) is 7.88. The quantitative estimate of drug-likeness (QED) is 0.336. The number of halogens is 3. The minimum absolute atomic E-state index is 0.00856. The van der Waals surface area contributed by atoms with Gasteiger partial charge in [-0.3, -0.25) is 14.4 Å². The SMILES string of the molecule is CC[C@@H]1CC[C@@H](C(=O)N2CCN(C(C)=O)[C@H](C)C2)N1C(=O)C1=C(C(C)C)N2C(=NC(C)(c3ccc(F)c(F)c3)C2c2ccc(Cl)cc2)S1. The molecule has 48 heavy (non-hydrogen) atoms. The number of hydrogen-bond acceptors (Lipinski definition) is 6. The lowest BCUT2D eigenvalue weighted by atomic mass is 9.81. The van der Waals surface area contributed by atoms with Gasteiger partial charge in [-0.15, -0.1) is 0 Å². The number of thioether (sulfide) groups is 1. The van der Waals surface area contributed by atoms with E-state index in [-0.39, 0.29) is 35.7 Å². The third kappa shape index (κ3) is 5.80. The van der Waals surface area contributed by atoms with Crippen LogP contribution in [0.2, 0.25) is 5.02 Å². The molecule has 2 unspecified atom stereocenters. The molecule has 0 bridgehead atoms. The Kier molecular flexibility index (Phi) is 9.41. The molecule has 4 aliphatic heterocycles. The number of hydrogen-bond donors (Lipinski definition) is 0. The van der Waals surface area contributed by atoms with Gasteiger partial charge in [-0.1, -0.05) is 50.6 Å². The van der Waals surface area contributed by atoms with Crippen molar-refractivity contribution < 1.29 is 23.2 Å². The molecule has 12 heteroatoms. The predicted octanol–water partition coefficient (Wildman–Crippen LogP) is 6.71. The Labute approximate surface area is 290 Å². The van der Waals surface area contributed by atoms with Crippen molar-refractivity contribution in [2.45, 2.75) is 90.5 Å². The number of nitrogens with zero attached hydrogens (tertiary/aromatic N) is 5. The molecule has 2 saturated heterocycles. The number of aliphatic imine (C=N–C) groups is 1. The van der Waals surface area contributed by atoms with Crippen molar-refractivity contribution in [1.29, 1.82) is 0 Å². The van der Waals surface area contributed by atoms with E-state index in [9.17, 15) is 23.2 Å². The van der Waals surface area contributed by atoms with Gasteiger partial charge in [0.1, 0.15) is 16.5 Å². The molecule has 8 nitrogen and oxygen atoms in total. The fraction of sp³-hybridized carbons (Fsp3) is 0.500. The van der Waals surface area contributed by atoms with E-state index >= 15 is 0 Å². The van der Waals surface area contributed by atoms with Crippen molar-refractivity contribution in [2.75, 3.05) is 19.6 Å². The van der Waals surface area contributed by atoms with Crippen LogP contribution in [0.4, 0.5) is 8.78 Å². The topological polar surface area (TPSA) is 76.5 Å². The molecule has 0 aliphatic carbocycles. The van der Waals surface area contributed by atoms with Crippen LogP contribution in [0.3, 0.4) is 0 Å². The first-order valence-corrected chi connectivity index (χ1v) is 17.9. The minimum atomic E-state index is -1.02. The summed E-state index contributed by atoms with van der Waals surface area (Å²) in [6.45, 7) is 12.8. The molecule has 0 aromatic heterocycles. The van der Waals surface area contributed by atoms with Crippen molar-refractivity contribution >= 4 is 46.3 Å². The van der Waals surface area contributed by atoms with E-state index in [1.807, 2.05) is 46.8 Å². The second kappa shape index (κ2) is 13.1. The van der Waals surface area contributed by atoms with Gasteiger partial charge >= 0.3 is 0 Å². The second-order valence-corrected chi connectivity index (χ2v) is 15.1. The minimum Gasteiger partial charge on any atom is -0.337 e. The van der Waals surface area contributed by atoms with E-state index in [1.165, 1.54) is 17.8 Å². The van der Waals surface area contributed by atoms with Gasteiger partial charge in [0.15, 0.2) is 16.8 Å². The molecule has 0 saturated carbocycles. The standard InChI is InChI=1S/C36H42ClF2N5O3S/c1-7-26-13-15-29(33(46)41-16-17-42(22(5)45)21(4)19-41)43(26)34(47)31-30(20(2)3)44-32(23-8-11-25(37)12-9-23)36(6,40-35(44)48-31)24-10-14-27(38)28(39)18-24/h8-12,14,18,20-21,26,29,32H,7,13,15-17,19H2,1-6H3/t21-,26-,29+,32?,36?/m1/s1. The van der Waals surface area contributed by atoms with Crippen molar-refractivity contribution in [3.63, 3.8) is 0 Å². The Morgan fingerprint density at radius 2 is 1.77 bits per heavy atom. The number of amidine groups is 1. The van der Waals surface area contributed by atoms with Gasteiger partial charge in [-0.05, 0) is 86.2 Å². The molecule has 3 amide bonds. The highest BCUT2D eigenvalue weighted by Gasteiger charge is 2.55. The summed E-state index contributed by atoms with van der Waals surface area (Å²) in [5.41, 5.74) is 1.13. The number of carbonyl (C=O) groups is 3. The number of carbonyl (C=O) groups excluding carboxylic acids is 3. The Morgan fingerprint density at radius 3 is 2.38 bits per heavy atom. The molecule has 6 rings (SSSR count). The highest BCUT2D eigenvalue weighted by molar-refractivity contribution is 8.18. The lowest BCUT2D eigenvalue weighted by Crippen LogP contribution is -2.58. The monoisotopic (exact) mass is 697 g/mol. The third-order valence-electron chi connectivity index (χ3n) is 10.3. The first kappa shape index (κ1) is 34.4. The van der Waals surface area contributed by atoms with Crippen molar-refractivity contribution in [3.05, 3.63) is 80.9 Å².